The summed E-state index contributed by atoms with van der Waals surface area (Å²) in [7, 11) is 0. The third-order valence-corrected chi connectivity index (χ3v) is 11.0. The summed E-state index contributed by atoms with van der Waals surface area (Å²) in [6.45, 7) is 2.28. The maximum absolute atomic E-state index is 15.3. The highest BCUT2D eigenvalue weighted by Crippen LogP contribution is 2.68. The van der Waals surface area contributed by atoms with Crippen LogP contribution < -0.4 is 10.2 Å². The lowest BCUT2D eigenvalue weighted by molar-refractivity contribution is -0.142. The van der Waals surface area contributed by atoms with E-state index in [2.05, 4.69) is 15.4 Å². The summed E-state index contributed by atoms with van der Waals surface area (Å²) in [6.07, 6.45) is -5.58. The Labute approximate surface area is 304 Å². The van der Waals surface area contributed by atoms with E-state index >= 15 is 8.78 Å². The fourth-order valence-electron chi connectivity index (χ4n) is 7.52. The van der Waals surface area contributed by atoms with Crippen molar-refractivity contribution in [2.45, 2.75) is 62.9 Å². The number of rotatable bonds is 9. The maximum Gasteiger partial charge on any atom is 0.435 e. The monoisotopic (exact) mass is 776 g/mol. The number of carbonyl (C=O) groups excluding carboxylic acids is 2. The van der Waals surface area contributed by atoms with Crippen molar-refractivity contribution in [3.63, 3.8) is 0 Å². The summed E-state index contributed by atoms with van der Waals surface area (Å²) in [5.74, 6) is -10.4. The van der Waals surface area contributed by atoms with E-state index in [9.17, 15) is 41.0 Å². The summed E-state index contributed by atoms with van der Waals surface area (Å²) in [4.78, 5) is 37.2. The molecule has 0 unspecified atom stereocenters. The van der Waals surface area contributed by atoms with Crippen molar-refractivity contribution in [2.24, 2.45) is 5.92 Å². The van der Waals surface area contributed by atoms with E-state index in [4.69, 9.17) is 4.98 Å². The third kappa shape index (κ3) is 6.27. The Morgan fingerprint density at radius 2 is 1.76 bits per heavy atom. The summed E-state index contributed by atoms with van der Waals surface area (Å²) in [6, 6.07) is 6.54. The van der Waals surface area contributed by atoms with Gasteiger partial charge in [0.1, 0.15) is 29.7 Å². The number of β-amino-alcohol motifs (C(OH)–C–C–N with tert-alkyl or cyclic N) is 1. The molecule has 5 aromatic rings. The first-order chi connectivity index (χ1) is 25.3. The van der Waals surface area contributed by atoms with Gasteiger partial charge in [0.15, 0.2) is 22.3 Å². The molecule has 3 aromatic heterocycles. The minimum absolute atomic E-state index is 0.00216. The molecule has 0 radical (unpaired) electrons. The van der Waals surface area contributed by atoms with Crippen LogP contribution in [0, 0.1) is 23.4 Å². The van der Waals surface area contributed by atoms with E-state index < -0.39 is 88.2 Å². The first-order valence-corrected chi connectivity index (χ1v) is 17.5. The SMILES string of the molecule is CC(=O)c1cc(-c2cc3sc(N4CC(C)(O)C4)nc3nc2[C@H](Cc2cc(F)cc(F)c2)NC(=O)Cn2nc(C(F)(F)F)c3c2C(F)(F)[C@@H]2C[C@H]32)ccc1F. The zero-order valence-electron chi connectivity index (χ0n) is 28.2. The van der Waals surface area contributed by atoms with E-state index in [-0.39, 0.29) is 59.5 Å². The van der Waals surface area contributed by atoms with Crippen molar-refractivity contribution in [3.05, 3.63) is 93.7 Å². The topological polar surface area (TPSA) is 113 Å². The van der Waals surface area contributed by atoms with Gasteiger partial charge >= 0.3 is 6.18 Å². The summed E-state index contributed by atoms with van der Waals surface area (Å²) in [5.41, 5.74) is -3.69. The maximum atomic E-state index is 15.3. The molecular formula is C36H28F8N6O3S. The molecular weight excluding hydrogens is 748 g/mol. The summed E-state index contributed by atoms with van der Waals surface area (Å²) >= 11 is 1.21. The molecule has 4 heterocycles. The number of Topliss-reactive ketones (excluding diaryl/α,β-unsaturated/α-hetero) is 1. The molecule has 0 bridgehead atoms. The van der Waals surface area contributed by atoms with E-state index in [1.165, 1.54) is 23.5 Å². The van der Waals surface area contributed by atoms with Crippen molar-refractivity contribution in [1.29, 1.82) is 0 Å². The van der Waals surface area contributed by atoms with Crippen LogP contribution in [-0.4, -0.2) is 55.2 Å². The quantitative estimate of drug-likeness (QED) is 0.122. The third-order valence-electron chi connectivity index (χ3n) is 9.91. The number of pyridine rings is 1. The van der Waals surface area contributed by atoms with Crippen molar-refractivity contribution < 1.29 is 49.8 Å². The van der Waals surface area contributed by atoms with Crippen LogP contribution in [0.25, 0.3) is 21.5 Å². The van der Waals surface area contributed by atoms with Gasteiger partial charge in [-0.05, 0) is 74.1 Å². The molecule has 9 nitrogen and oxygen atoms in total. The summed E-state index contributed by atoms with van der Waals surface area (Å²) in [5, 5.41) is 16.8. The van der Waals surface area contributed by atoms with Gasteiger partial charge in [0.25, 0.3) is 5.92 Å². The second-order valence-corrected chi connectivity index (χ2v) is 15.3. The number of alkyl halides is 5. The first kappa shape index (κ1) is 36.0. The molecule has 2 fully saturated rings. The van der Waals surface area contributed by atoms with Gasteiger partial charge in [-0.3, -0.25) is 14.3 Å². The Balaban J connectivity index is 1.24. The standard InChI is InChI=1S/C36H28F8N6O3S/c1-15(51)20-8-17(3-4-24(20)39)21-11-26-32(47-33(54-26)49-13-34(2,53)14-49)46-29(21)25(7-16-5-18(37)9-19(38)6-16)45-27(52)12-50-31-28(30(48-50)36(42,43)44)22-10-23(22)35(31,40)41/h3-6,8-9,11,22-23,25,53H,7,10,12-14H2,1-2H3,(H,45,52)/t22-,23+,25-/m0/s1. The van der Waals surface area contributed by atoms with Gasteiger partial charge in [-0.25, -0.2) is 18.2 Å². The average Bonchev–Trinajstić information content (AvgIpc) is 3.51. The molecule has 3 atom stereocenters. The highest BCUT2D eigenvalue weighted by atomic mass is 32.1. The van der Waals surface area contributed by atoms with E-state index in [0.29, 0.717) is 20.6 Å². The lowest BCUT2D eigenvalue weighted by Crippen LogP contribution is -2.60. The number of halogens is 8. The molecule has 18 heteroatoms. The number of nitrogens with zero attached hydrogens (tertiary/aromatic N) is 5. The van der Waals surface area contributed by atoms with Gasteiger partial charge in [0.2, 0.25) is 5.91 Å². The van der Waals surface area contributed by atoms with E-state index in [0.717, 1.165) is 25.1 Å². The largest absolute Gasteiger partial charge is 0.435 e. The van der Waals surface area contributed by atoms with Crippen LogP contribution in [0.1, 0.15) is 70.8 Å². The number of amides is 1. The number of aliphatic hydroxyl groups is 1. The molecule has 1 saturated carbocycles. The Morgan fingerprint density at radius 1 is 1.06 bits per heavy atom. The molecule has 8 rings (SSSR count). The van der Waals surface area contributed by atoms with E-state index in [1.807, 2.05) is 0 Å². The van der Waals surface area contributed by atoms with Gasteiger partial charge in [-0.2, -0.15) is 32.0 Å². The van der Waals surface area contributed by atoms with Gasteiger partial charge in [-0.15, -0.1) is 0 Å². The fraction of sp³-hybridized carbons (Fsp3) is 0.361. The van der Waals surface area contributed by atoms with Gasteiger partial charge in [0, 0.05) is 23.1 Å². The smallest absolute Gasteiger partial charge is 0.386 e. The van der Waals surface area contributed by atoms with Crippen molar-refractivity contribution in [1.82, 2.24) is 25.1 Å². The molecule has 2 aromatic carbocycles. The van der Waals surface area contributed by atoms with Crippen molar-refractivity contribution in [2.75, 3.05) is 18.0 Å². The molecule has 1 saturated heterocycles. The number of hydrogen-bond acceptors (Lipinski definition) is 8. The zero-order valence-corrected chi connectivity index (χ0v) is 29.1. The van der Waals surface area contributed by atoms with Crippen molar-refractivity contribution in [3.8, 4) is 11.1 Å². The van der Waals surface area contributed by atoms with Crippen LogP contribution in [-0.2, 0) is 29.9 Å². The van der Waals surface area contributed by atoms with E-state index in [1.54, 1.807) is 17.9 Å². The predicted molar refractivity (Wildman–Crippen MR) is 179 cm³/mol. The number of carbonyl (C=O) groups is 2. The predicted octanol–water partition coefficient (Wildman–Crippen LogP) is 7.07. The van der Waals surface area contributed by atoms with Crippen LogP contribution in [0.2, 0.25) is 0 Å². The minimum Gasteiger partial charge on any atom is -0.386 e. The molecule has 54 heavy (non-hydrogen) atoms. The minimum atomic E-state index is -5.07. The number of anilines is 1. The highest BCUT2D eigenvalue weighted by molar-refractivity contribution is 7.22. The second kappa shape index (κ2) is 12.3. The number of hydrogen-bond donors (Lipinski definition) is 2. The highest BCUT2D eigenvalue weighted by Gasteiger charge is 2.68. The number of aromatic nitrogens is 4. The van der Waals surface area contributed by atoms with Crippen LogP contribution in [0.15, 0.2) is 42.5 Å². The van der Waals surface area contributed by atoms with Crippen LogP contribution in [0.3, 0.4) is 0 Å². The lowest BCUT2D eigenvalue weighted by Gasteiger charge is -2.43. The van der Waals surface area contributed by atoms with Gasteiger partial charge in [0.05, 0.1) is 40.7 Å². The zero-order chi connectivity index (χ0) is 38.6. The van der Waals surface area contributed by atoms with Crippen LogP contribution in [0.5, 0.6) is 0 Å². The normalized spacial score (nSPS) is 20.0. The Bertz CT molecular complexity index is 2360. The molecule has 2 aliphatic carbocycles. The number of ketones is 1. The van der Waals surface area contributed by atoms with Crippen LogP contribution >= 0.6 is 11.3 Å². The average molecular weight is 777 g/mol. The molecule has 2 N–H and O–H groups in total. The van der Waals surface area contributed by atoms with Crippen molar-refractivity contribution >= 4 is 38.5 Å². The number of nitrogens with one attached hydrogen (secondary N) is 1. The summed E-state index contributed by atoms with van der Waals surface area (Å²) < 4.78 is 117. The Hall–Kier alpha value is -4.97. The Kier molecular flexibility index (Phi) is 8.19. The second-order valence-electron chi connectivity index (χ2n) is 14.3. The number of benzene rings is 2. The molecule has 3 aliphatic rings. The Morgan fingerprint density at radius 3 is 2.41 bits per heavy atom. The number of thiazole rings is 1. The van der Waals surface area contributed by atoms with Gasteiger partial charge in [-0.1, -0.05) is 17.4 Å². The fourth-order valence-corrected chi connectivity index (χ4v) is 8.47. The first-order valence-electron chi connectivity index (χ1n) is 16.7. The lowest BCUT2D eigenvalue weighted by atomic mass is 9.94. The molecule has 282 valence electrons. The molecule has 1 amide bonds. The molecule has 0 spiro atoms. The van der Waals surface area contributed by atoms with Gasteiger partial charge < -0.3 is 15.3 Å². The molecule has 1 aliphatic heterocycles. The van der Waals surface area contributed by atoms with Crippen LogP contribution in [0.4, 0.5) is 40.3 Å². The number of fused-ring (bicyclic) bond motifs is 4.